The molecule has 1 N–H and O–H groups in total. The van der Waals surface area contributed by atoms with Gasteiger partial charge in [0.15, 0.2) is 0 Å². The summed E-state index contributed by atoms with van der Waals surface area (Å²) in [5.74, 6) is 1.48. The Labute approximate surface area is 79.8 Å². The summed E-state index contributed by atoms with van der Waals surface area (Å²) < 4.78 is 5.38. The third kappa shape index (κ3) is 1.75. The molecule has 5 heteroatoms. The smallest absolute Gasteiger partial charge is 0.276 e. The lowest BCUT2D eigenvalue weighted by molar-refractivity contribution is 0.465. The summed E-state index contributed by atoms with van der Waals surface area (Å²) in [7, 11) is 0. The second-order valence-corrected chi connectivity index (χ2v) is 3.61. The molecule has 2 aromatic heterocycles. The lowest BCUT2D eigenvalue weighted by Gasteiger charge is -1.87. The van der Waals surface area contributed by atoms with E-state index in [2.05, 4.69) is 15.2 Å². The summed E-state index contributed by atoms with van der Waals surface area (Å²) in [4.78, 5) is 3.00. The average Bonchev–Trinajstić information content (AvgIpc) is 2.70. The zero-order valence-corrected chi connectivity index (χ0v) is 7.97. The topological polar surface area (TPSA) is 54.7 Å². The first-order chi connectivity index (χ1) is 6.40. The Hall–Kier alpha value is -1.23. The summed E-state index contributed by atoms with van der Waals surface area (Å²) >= 11 is 1.54. The maximum Gasteiger partial charge on any atom is 0.276 e. The number of hydrogen-bond donors (Lipinski definition) is 1. The van der Waals surface area contributed by atoms with Gasteiger partial charge in [-0.1, -0.05) is 18.7 Å². The number of rotatable bonds is 3. The van der Waals surface area contributed by atoms with Gasteiger partial charge in [0.25, 0.3) is 11.1 Å². The molecule has 0 amide bonds. The molecule has 2 heterocycles. The molecular formula is C8H9N3OS. The highest BCUT2D eigenvalue weighted by Gasteiger charge is 2.07. The van der Waals surface area contributed by atoms with Crippen molar-refractivity contribution in [1.29, 1.82) is 0 Å². The largest absolute Gasteiger partial charge is 0.410 e. The van der Waals surface area contributed by atoms with E-state index in [1.165, 1.54) is 11.8 Å². The second-order valence-electron chi connectivity index (χ2n) is 2.39. The monoisotopic (exact) mass is 195 g/mol. The minimum absolute atomic E-state index is 0.543. The van der Waals surface area contributed by atoms with Crippen molar-refractivity contribution in [3.63, 3.8) is 0 Å². The number of thioether (sulfide) groups is 1. The average molecular weight is 195 g/mol. The van der Waals surface area contributed by atoms with E-state index >= 15 is 0 Å². The predicted molar refractivity (Wildman–Crippen MR) is 50.5 cm³/mol. The van der Waals surface area contributed by atoms with Crippen molar-refractivity contribution in [1.82, 2.24) is 15.2 Å². The van der Waals surface area contributed by atoms with Gasteiger partial charge in [-0.15, -0.1) is 10.2 Å². The maximum atomic E-state index is 5.38. The SMILES string of the molecule is CCSc1nnc(-c2ccc[nH]2)o1. The molecule has 13 heavy (non-hydrogen) atoms. The Morgan fingerprint density at radius 2 is 2.46 bits per heavy atom. The molecule has 0 radical (unpaired) electrons. The first-order valence-electron chi connectivity index (χ1n) is 4.00. The molecule has 68 valence electrons. The van der Waals surface area contributed by atoms with Gasteiger partial charge >= 0.3 is 0 Å². The van der Waals surface area contributed by atoms with Gasteiger partial charge < -0.3 is 9.40 Å². The van der Waals surface area contributed by atoms with Gasteiger partial charge in [0.05, 0.1) is 0 Å². The van der Waals surface area contributed by atoms with Crippen LogP contribution in [0.15, 0.2) is 28.0 Å². The van der Waals surface area contributed by atoms with E-state index in [1.54, 1.807) is 0 Å². The number of hydrogen-bond acceptors (Lipinski definition) is 4. The fourth-order valence-electron chi connectivity index (χ4n) is 0.964. The van der Waals surface area contributed by atoms with E-state index in [9.17, 15) is 0 Å². The van der Waals surface area contributed by atoms with E-state index in [1.807, 2.05) is 25.3 Å². The molecule has 0 aromatic carbocycles. The maximum absolute atomic E-state index is 5.38. The molecule has 2 aromatic rings. The quantitative estimate of drug-likeness (QED) is 0.762. The Morgan fingerprint density at radius 1 is 1.54 bits per heavy atom. The minimum Gasteiger partial charge on any atom is -0.410 e. The van der Waals surface area contributed by atoms with Crippen LogP contribution in [0.4, 0.5) is 0 Å². The number of nitrogens with one attached hydrogen (secondary N) is 1. The third-order valence-electron chi connectivity index (χ3n) is 1.50. The molecule has 0 aliphatic carbocycles. The molecule has 0 unspecified atom stereocenters. The van der Waals surface area contributed by atoms with Crippen molar-refractivity contribution in [3.8, 4) is 11.6 Å². The molecule has 0 saturated carbocycles. The predicted octanol–water partition coefficient (Wildman–Crippen LogP) is 2.18. The fraction of sp³-hybridized carbons (Fsp3) is 0.250. The highest BCUT2D eigenvalue weighted by Crippen LogP contribution is 2.21. The summed E-state index contributed by atoms with van der Waals surface area (Å²) in [6.45, 7) is 2.04. The van der Waals surface area contributed by atoms with Crippen LogP contribution < -0.4 is 0 Å². The number of aromatic nitrogens is 3. The van der Waals surface area contributed by atoms with Crippen LogP contribution in [0.5, 0.6) is 0 Å². The van der Waals surface area contributed by atoms with Gasteiger partial charge in [-0.05, 0) is 17.9 Å². The first kappa shape index (κ1) is 8.37. The third-order valence-corrected chi connectivity index (χ3v) is 2.20. The molecule has 0 bridgehead atoms. The van der Waals surface area contributed by atoms with Crippen LogP contribution in [0.3, 0.4) is 0 Å². The standard InChI is InChI=1S/C8H9N3OS/c1-2-13-8-11-10-7(12-8)6-4-3-5-9-6/h3-5,9H,2H2,1H3. The van der Waals surface area contributed by atoms with E-state index in [0.717, 1.165) is 11.4 Å². The Kier molecular flexibility index (Phi) is 2.35. The highest BCUT2D eigenvalue weighted by atomic mass is 32.2. The summed E-state index contributed by atoms with van der Waals surface area (Å²) in [6, 6.07) is 3.79. The van der Waals surface area contributed by atoms with Crippen molar-refractivity contribution < 1.29 is 4.42 Å². The molecular weight excluding hydrogens is 186 g/mol. The minimum atomic E-state index is 0.543. The first-order valence-corrected chi connectivity index (χ1v) is 4.98. The van der Waals surface area contributed by atoms with Gasteiger partial charge in [0.1, 0.15) is 5.69 Å². The zero-order chi connectivity index (χ0) is 9.10. The highest BCUT2D eigenvalue weighted by molar-refractivity contribution is 7.99. The van der Waals surface area contributed by atoms with Crippen LogP contribution in [0.1, 0.15) is 6.92 Å². The van der Waals surface area contributed by atoms with Crippen LogP contribution in [-0.4, -0.2) is 20.9 Å². The summed E-state index contributed by atoms with van der Waals surface area (Å²) in [6.07, 6.45) is 1.83. The van der Waals surface area contributed by atoms with E-state index in [-0.39, 0.29) is 0 Å². The number of nitrogens with zero attached hydrogens (tertiary/aromatic N) is 2. The van der Waals surface area contributed by atoms with Gasteiger partial charge in [-0.2, -0.15) is 0 Å². The molecule has 0 spiro atoms. The Bertz CT molecular complexity index is 368. The van der Waals surface area contributed by atoms with Crippen LogP contribution in [0, 0.1) is 0 Å². The molecule has 0 aliphatic rings. The number of aromatic amines is 1. The lowest BCUT2D eigenvalue weighted by Crippen LogP contribution is -1.75. The fourth-order valence-corrected chi connectivity index (χ4v) is 1.45. The summed E-state index contributed by atoms with van der Waals surface area (Å²) in [5.41, 5.74) is 0.857. The molecule has 0 aliphatic heterocycles. The lowest BCUT2D eigenvalue weighted by atomic mass is 10.4. The van der Waals surface area contributed by atoms with E-state index in [0.29, 0.717) is 11.1 Å². The van der Waals surface area contributed by atoms with Crippen molar-refractivity contribution in [2.24, 2.45) is 0 Å². The van der Waals surface area contributed by atoms with Gasteiger partial charge in [0, 0.05) is 6.20 Å². The normalized spacial score (nSPS) is 10.5. The van der Waals surface area contributed by atoms with Gasteiger partial charge in [0.2, 0.25) is 0 Å². The Morgan fingerprint density at radius 3 is 3.15 bits per heavy atom. The van der Waals surface area contributed by atoms with E-state index < -0.39 is 0 Å². The molecule has 0 saturated heterocycles. The zero-order valence-electron chi connectivity index (χ0n) is 7.15. The van der Waals surface area contributed by atoms with Gasteiger partial charge in [-0.25, -0.2) is 0 Å². The molecule has 0 fully saturated rings. The molecule has 2 rings (SSSR count). The van der Waals surface area contributed by atoms with Crippen molar-refractivity contribution in [3.05, 3.63) is 18.3 Å². The van der Waals surface area contributed by atoms with Crippen molar-refractivity contribution in [2.45, 2.75) is 12.1 Å². The van der Waals surface area contributed by atoms with Crippen LogP contribution in [0.25, 0.3) is 11.6 Å². The van der Waals surface area contributed by atoms with Crippen LogP contribution >= 0.6 is 11.8 Å². The van der Waals surface area contributed by atoms with Crippen LogP contribution in [0.2, 0.25) is 0 Å². The second kappa shape index (κ2) is 3.66. The van der Waals surface area contributed by atoms with Crippen molar-refractivity contribution in [2.75, 3.05) is 5.75 Å². The van der Waals surface area contributed by atoms with Crippen molar-refractivity contribution >= 4 is 11.8 Å². The van der Waals surface area contributed by atoms with E-state index in [4.69, 9.17) is 4.42 Å². The molecule has 0 atom stereocenters. The number of H-pyrrole nitrogens is 1. The Balaban J connectivity index is 2.23. The summed E-state index contributed by atoms with van der Waals surface area (Å²) in [5, 5.41) is 8.41. The van der Waals surface area contributed by atoms with Gasteiger partial charge in [-0.3, -0.25) is 0 Å². The molecule has 4 nitrogen and oxygen atoms in total. The van der Waals surface area contributed by atoms with Crippen LogP contribution in [-0.2, 0) is 0 Å².